The van der Waals surface area contributed by atoms with Crippen LogP contribution in [-0.2, 0) is 4.79 Å². The van der Waals surface area contributed by atoms with Crippen LogP contribution in [0.4, 0.5) is 5.69 Å². The lowest BCUT2D eigenvalue weighted by Crippen LogP contribution is -2.19. The summed E-state index contributed by atoms with van der Waals surface area (Å²) in [5.74, 6) is -0.0132. The number of unbranched alkanes of at least 4 members (excludes halogenated alkanes) is 1. The van der Waals surface area contributed by atoms with Crippen molar-refractivity contribution in [1.29, 1.82) is 5.26 Å². The van der Waals surface area contributed by atoms with Gasteiger partial charge >= 0.3 is 0 Å². The highest BCUT2D eigenvalue weighted by Crippen LogP contribution is 2.27. The summed E-state index contributed by atoms with van der Waals surface area (Å²) in [6.07, 6.45) is 3.59. The Morgan fingerprint density at radius 3 is 2.86 bits per heavy atom. The zero-order valence-corrected chi connectivity index (χ0v) is 13.8. The van der Waals surface area contributed by atoms with E-state index in [0.717, 1.165) is 19.4 Å². The number of amides is 1. The van der Waals surface area contributed by atoms with Crippen LogP contribution in [0.15, 0.2) is 30.0 Å². The van der Waals surface area contributed by atoms with E-state index in [1.54, 1.807) is 24.4 Å². The summed E-state index contributed by atoms with van der Waals surface area (Å²) in [6, 6.07) is 6.81. The monoisotopic (exact) mass is 321 g/mol. The second kappa shape index (κ2) is 8.96. The molecule has 0 aliphatic rings. The van der Waals surface area contributed by atoms with E-state index >= 15 is 0 Å². The van der Waals surface area contributed by atoms with Gasteiger partial charge in [-0.1, -0.05) is 24.9 Å². The fourth-order valence-corrected chi connectivity index (χ4v) is 1.97. The van der Waals surface area contributed by atoms with E-state index in [1.165, 1.54) is 7.11 Å². The van der Waals surface area contributed by atoms with E-state index < -0.39 is 5.91 Å². The lowest BCUT2D eigenvalue weighted by atomic mass is 10.2. The minimum absolute atomic E-state index is 0.0284. The first-order valence-electron chi connectivity index (χ1n) is 6.98. The molecule has 0 spiro atoms. The first-order chi connectivity index (χ1) is 10.5. The molecule has 118 valence electrons. The maximum absolute atomic E-state index is 12.2. The van der Waals surface area contributed by atoms with Gasteiger partial charge in [0.1, 0.15) is 17.4 Å². The van der Waals surface area contributed by atoms with Gasteiger partial charge < -0.3 is 15.0 Å². The van der Waals surface area contributed by atoms with Crippen LogP contribution in [0.3, 0.4) is 0 Å². The van der Waals surface area contributed by atoms with Gasteiger partial charge in [-0.05, 0) is 24.6 Å². The number of hydrogen-bond donors (Lipinski definition) is 1. The SMILES string of the molecule is CCCCN(C)/C=C(/C#N)C(=O)Nc1cc(Cl)ccc1OC. The molecule has 0 saturated heterocycles. The first kappa shape index (κ1) is 17.9. The molecule has 0 heterocycles. The van der Waals surface area contributed by atoms with Gasteiger partial charge in [-0.3, -0.25) is 4.79 Å². The maximum atomic E-state index is 12.2. The van der Waals surface area contributed by atoms with Crippen molar-refractivity contribution in [2.45, 2.75) is 19.8 Å². The molecule has 0 aliphatic heterocycles. The molecule has 1 aromatic rings. The van der Waals surface area contributed by atoms with E-state index in [2.05, 4.69) is 12.2 Å². The number of ether oxygens (including phenoxy) is 1. The molecule has 1 N–H and O–H groups in total. The predicted molar refractivity (Wildman–Crippen MR) is 87.9 cm³/mol. The van der Waals surface area contributed by atoms with Gasteiger partial charge in [0, 0.05) is 24.8 Å². The molecule has 6 heteroatoms. The first-order valence-corrected chi connectivity index (χ1v) is 7.36. The molecule has 0 bridgehead atoms. The topological polar surface area (TPSA) is 65.4 Å². The summed E-state index contributed by atoms with van der Waals surface area (Å²) in [4.78, 5) is 14.0. The van der Waals surface area contributed by atoms with Gasteiger partial charge in [-0.25, -0.2) is 0 Å². The highest BCUT2D eigenvalue weighted by molar-refractivity contribution is 6.31. The summed E-state index contributed by atoms with van der Waals surface area (Å²) >= 11 is 5.92. The van der Waals surface area contributed by atoms with E-state index in [9.17, 15) is 4.79 Å². The molecule has 5 nitrogen and oxygen atoms in total. The molecule has 0 unspecified atom stereocenters. The number of nitrogens with zero attached hydrogens (tertiary/aromatic N) is 2. The number of hydrogen-bond acceptors (Lipinski definition) is 4. The van der Waals surface area contributed by atoms with Crippen LogP contribution in [0.2, 0.25) is 5.02 Å². The second-order valence-electron chi connectivity index (χ2n) is 4.79. The Bertz CT molecular complexity index is 594. The number of benzene rings is 1. The van der Waals surface area contributed by atoms with Gasteiger partial charge in [0.2, 0.25) is 0 Å². The number of rotatable bonds is 7. The minimum Gasteiger partial charge on any atom is -0.495 e. The Morgan fingerprint density at radius 1 is 1.55 bits per heavy atom. The van der Waals surface area contributed by atoms with Gasteiger partial charge in [-0.15, -0.1) is 0 Å². The molecule has 1 rings (SSSR count). The molecule has 0 aromatic heterocycles. The lowest BCUT2D eigenvalue weighted by Gasteiger charge is -2.14. The zero-order chi connectivity index (χ0) is 16.5. The van der Waals surface area contributed by atoms with Gasteiger partial charge in [0.25, 0.3) is 5.91 Å². The van der Waals surface area contributed by atoms with Crippen LogP contribution in [0, 0.1) is 11.3 Å². The van der Waals surface area contributed by atoms with Crippen molar-refractivity contribution in [3.63, 3.8) is 0 Å². The molecule has 1 aromatic carbocycles. The molecular weight excluding hydrogens is 302 g/mol. The lowest BCUT2D eigenvalue weighted by molar-refractivity contribution is -0.112. The van der Waals surface area contributed by atoms with Crippen molar-refractivity contribution < 1.29 is 9.53 Å². The molecule has 0 fully saturated rings. The Labute approximate surface area is 136 Å². The zero-order valence-electron chi connectivity index (χ0n) is 13.0. The van der Waals surface area contributed by atoms with Crippen molar-refractivity contribution in [3.8, 4) is 11.8 Å². The standard InChI is InChI=1S/C16H20ClN3O2/c1-4-5-8-20(2)11-12(10-18)16(21)19-14-9-13(17)6-7-15(14)22-3/h6-7,9,11H,4-5,8H2,1-3H3,(H,19,21)/b12-11-. The third-order valence-corrected chi connectivity index (χ3v) is 3.22. The predicted octanol–water partition coefficient (Wildman–Crippen LogP) is 3.43. The molecular formula is C16H20ClN3O2. The molecule has 0 saturated carbocycles. The fraction of sp³-hybridized carbons (Fsp3) is 0.375. The maximum Gasteiger partial charge on any atom is 0.267 e. The third-order valence-electron chi connectivity index (χ3n) is 2.99. The highest BCUT2D eigenvalue weighted by atomic mass is 35.5. The normalized spacial score (nSPS) is 10.8. The molecule has 0 radical (unpaired) electrons. The number of nitriles is 1. The summed E-state index contributed by atoms with van der Waals surface area (Å²) in [5, 5.41) is 12.3. The van der Waals surface area contributed by atoms with Crippen LogP contribution in [0.1, 0.15) is 19.8 Å². The fourth-order valence-electron chi connectivity index (χ4n) is 1.80. The van der Waals surface area contributed by atoms with Gasteiger partial charge in [0.15, 0.2) is 0 Å². The quantitative estimate of drug-likeness (QED) is 0.617. The minimum atomic E-state index is -0.494. The Balaban J connectivity index is 2.88. The largest absolute Gasteiger partial charge is 0.495 e. The summed E-state index contributed by atoms with van der Waals surface area (Å²) in [7, 11) is 3.33. The summed E-state index contributed by atoms with van der Waals surface area (Å²) in [5.41, 5.74) is 0.456. The van der Waals surface area contributed by atoms with Crippen molar-refractivity contribution in [2.24, 2.45) is 0 Å². The van der Waals surface area contributed by atoms with Crippen molar-refractivity contribution in [2.75, 3.05) is 26.0 Å². The number of anilines is 1. The van der Waals surface area contributed by atoms with Gasteiger partial charge in [0.05, 0.1) is 12.8 Å². The van der Waals surface area contributed by atoms with Crippen LogP contribution in [0.5, 0.6) is 5.75 Å². The smallest absolute Gasteiger partial charge is 0.267 e. The third kappa shape index (κ3) is 5.30. The molecule has 0 atom stereocenters. The molecule has 22 heavy (non-hydrogen) atoms. The molecule has 0 aliphatic carbocycles. The molecule has 1 amide bonds. The summed E-state index contributed by atoms with van der Waals surface area (Å²) in [6.45, 7) is 2.87. The average Bonchev–Trinajstić information content (AvgIpc) is 2.50. The second-order valence-corrected chi connectivity index (χ2v) is 5.22. The van der Waals surface area contributed by atoms with Crippen molar-refractivity contribution in [3.05, 3.63) is 35.0 Å². The van der Waals surface area contributed by atoms with Crippen molar-refractivity contribution in [1.82, 2.24) is 4.90 Å². The highest BCUT2D eigenvalue weighted by Gasteiger charge is 2.13. The Hall–Kier alpha value is -2.19. The number of carbonyl (C=O) groups excluding carboxylic acids is 1. The van der Waals surface area contributed by atoms with Crippen LogP contribution < -0.4 is 10.1 Å². The van der Waals surface area contributed by atoms with Crippen LogP contribution in [0.25, 0.3) is 0 Å². The van der Waals surface area contributed by atoms with E-state index in [4.69, 9.17) is 21.6 Å². The Morgan fingerprint density at radius 2 is 2.27 bits per heavy atom. The van der Waals surface area contributed by atoms with E-state index in [0.29, 0.717) is 16.5 Å². The van der Waals surface area contributed by atoms with Crippen LogP contribution in [-0.4, -0.2) is 31.5 Å². The van der Waals surface area contributed by atoms with E-state index in [1.807, 2.05) is 18.0 Å². The number of methoxy groups -OCH3 is 1. The van der Waals surface area contributed by atoms with Crippen molar-refractivity contribution >= 4 is 23.2 Å². The Kier molecular flexibility index (Phi) is 7.27. The number of carbonyl (C=O) groups is 1. The number of halogens is 1. The van der Waals surface area contributed by atoms with E-state index in [-0.39, 0.29) is 5.57 Å². The average molecular weight is 322 g/mol. The van der Waals surface area contributed by atoms with Gasteiger partial charge in [-0.2, -0.15) is 5.26 Å². The summed E-state index contributed by atoms with van der Waals surface area (Å²) < 4.78 is 5.16. The number of nitrogens with one attached hydrogen (secondary N) is 1. The van der Waals surface area contributed by atoms with Crippen LogP contribution >= 0.6 is 11.6 Å².